The summed E-state index contributed by atoms with van der Waals surface area (Å²) in [6, 6.07) is 7.43. The van der Waals surface area contributed by atoms with Gasteiger partial charge < -0.3 is 5.32 Å². The Balaban J connectivity index is 2.19. The molecule has 0 atom stereocenters. The number of hydrogen-bond donors (Lipinski definition) is 1. The van der Waals surface area contributed by atoms with E-state index in [4.69, 9.17) is 11.6 Å². The Bertz CT molecular complexity index is 562. The van der Waals surface area contributed by atoms with Crippen LogP contribution in [0.3, 0.4) is 0 Å². The van der Waals surface area contributed by atoms with Crippen molar-refractivity contribution in [1.82, 2.24) is 0 Å². The third kappa shape index (κ3) is 2.68. The summed E-state index contributed by atoms with van der Waals surface area (Å²) < 4.78 is 0. The van der Waals surface area contributed by atoms with Crippen LogP contribution in [0.2, 0.25) is 5.02 Å². The Morgan fingerprint density at radius 3 is 2.59 bits per heavy atom. The van der Waals surface area contributed by atoms with Gasteiger partial charge in [0, 0.05) is 10.7 Å². The standard InChI is InChI=1S/C13H12ClNOS/c1-8-3-4-10(7-11(8)14)15-13(16)12-9(2)5-6-17-12/h3-7H,1-2H3,(H,15,16). The molecule has 2 rings (SSSR count). The number of benzene rings is 1. The number of carbonyl (C=O) groups is 1. The molecular weight excluding hydrogens is 254 g/mol. The van der Waals surface area contributed by atoms with E-state index in [1.807, 2.05) is 37.4 Å². The molecule has 88 valence electrons. The van der Waals surface area contributed by atoms with Gasteiger partial charge in [-0.1, -0.05) is 17.7 Å². The van der Waals surface area contributed by atoms with Gasteiger partial charge in [0.15, 0.2) is 0 Å². The number of anilines is 1. The lowest BCUT2D eigenvalue weighted by Gasteiger charge is -2.06. The highest BCUT2D eigenvalue weighted by atomic mass is 35.5. The Morgan fingerprint density at radius 2 is 2.00 bits per heavy atom. The number of halogens is 1. The van der Waals surface area contributed by atoms with E-state index in [0.29, 0.717) is 5.02 Å². The normalized spacial score (nSPS) is 10.3. The highest BCUT2D eigenvalue weighted by Gasteiger charge is 2.10. The summed E-state index contributed by atoms with van der Waals surface area (Å²) in [5.74, 6) is -0.0857. The van der Waals surface area contributed by atoms with E-state index in [1.165, 1.54) is 11.3 Å². The number of amides is 1. The molecule has 0 aliphatic carbocycles. The van der Waals surface area contributed by atoms with Crippen LogP contribution in [-0.2, 0) is 0 Å². The average Bonchev–Trinajstić information content (AvgIpc) is 2.70. The second kappa shape index (κ2) is 4.90. The van der Waals surface area contributed by atoms with Crippen molar-refractivity contribution in [1.29, 1.82) is 0 Å². The summed E-state index contributed by atoms with van der Waals surface area (Å²) in [7, 11) is 0. The lowest BCUT2D eigenvalue weighted by Crippen LogP contribution is -2.11. The fourth-order valence-electron chi connectivity index (χ4n) is 1.46. The number of carbonyl (C=O) groups excluding carboxylic acids is 1. The summed E-state index contributed by atoms with van der Waals surface area (Å²) in [4.78, 5) is 12.7. The van der Waals surface area contributed by atoms with Crippen LogP contribution in [0.1, 0.15) is 20.8 Å². The first-order valence-corrected chi connectivity index (χ1v) is 6.45. The molecule has 0 saturated heterocycles. The molecule has 0 aliphatic heterocycles. The Hall–Kier alpha value is -1.32. The second-order valence-corrected chi connectivity index (χ2v) is 5.17. The van der Waals surface area contributed by atoms with Gasteiger partial charge in [-0.2, -0.15) is 0 Å². The van der Waals surface area contributed by atoms with Crippen LogP contribution in [0.5, 0.6) is 0 Å². The second-order valence-electron chi connectivity index (χ2n) is 3.85. The van der Waals surface area contributed by atoms with Gasteiger partial charge in [0.1, 0.15) is 0 Å². The van der Waals surface area contributed by atoms with E-state index >= 15 is 0 Å². The predicted octanol–water partition coefficient (Wildman–Crippen LogP) is 4.27. The number of hydrogen-bond acceptors (Lipinski definition) is 2. The summed E-state index contributed by atoms with van der Waals surface area (Å²) in [5.41, 5.74) is 2.71. The average molecular weight is 266 g/mol. The van der Waals surface area contributed by atoms with Crippen molar-refractivity contribution in [2.75, 3.05) is 5.32 Å². The van der Waals surface area contributed by atoms with Crippen molar-refractivity contribution in [2.24, 2.45) is 0 Å². The first-order valence-electron chi connectivity index (χ1n) is 5.19. The summed E-state index contributed by atoms with van der Waals surface area (Å²) in [5, 5.41) is 5.41. The molecule has 0 unspecified atom stereocenters. The molecule has 0 radical (unpaired) electrons. The Labute approximate surface area is 109 Å². The molecule has 1 heterocycles. The van der Waals surface area contributed by atoms with Gasteiger partial charge in [-0.25, -0.2) is 0 Å². The van der Waals surface area contributed by atoms with E-state index in [1.54, 1.807) is 6.07 Å². The smallest absolute Gasteiger partial charge is 0.265 e. The van der Waals surface area contributed by atoms with E-state index in [-0.39, 0.29) is 5.91 Å². The van der Waals surface area contributed by atoms with Crippen molar-refractivity contribution in [3.63, 3.8) is 0 Å². The van der Waals surface area contributed by atoms with E-state index in [9.17, 15) is 4.79 Å². The van der Waals surface area contributed by atoms with E-state index in [0.717, 1.165) is 21.7 Å². The molecule has 0 saturated carbocycles. The maximum absolute atomic E-state index is 11.9. The monoisotopic (exact) mass is 265 g/mol. The zero-order chi connectivity index (χ0) is 12.4. The van der Waals surface area contributed by atoms with Gasteiger partial charge in [0.25, 0.3) is 5.91 Å². The molecule has 17 heavy (non-hydrogen) atoms. The Morgan fingerprint density at radius 1 is 1.24 bits per heavy atom. The number of thiophene rings is 1. The molecule has 2 aromatic rings. The zero-order valence-electron chi connectivity index (χ0n) is 9.58. The highest BCUT2D eigenvalue weighted by Crippen LogP contribution is 2.22. The van der Waals surface area contributed by atoms with E-state index < -0.39 is 0 Å². The van der Waals surface area contributed by atoms with Gasteiger partial charge >= 0.3 is 0 Å². The van der Waals surface area contributed by atoms with Crippen molar-refractivity contribution in [3.8, 4) is 0 Å². The fourth-order valence-corrected chi connectivity index (χ4v) is 2.46. The van der Waals surface area contributed by atoms with Crippen LogP contribution in [0.15, 0.2) is 29.6 Å². The molecule has 0 spiro atoms. The lowest BCUT2D eigenvalue weighted by molar-refractivity contribution is 0.103. The quantitative estimate of drug-likeness (QED) is 0.863. The summed E-state index contributed by atoms with van der Waals surface area (Å²) >= 11 is 7.44. The van der Waals surface area contributed by atoms with Crippen molar-refractivity contribution in [2.45, 2.75) is 13.8 Å². The molecular formula is C13H12ClNOS. The number of rotatable bonds is 2. The molecule has 0 aliphatic rings. The van der Waals surface area contributed by atoms with Crippen LogP contribution < -0.4 is 5.32 Å². The topological polar surface area (TPSA) is 29.1 Å². The zero-order valence-corrected chi connectivity index (χ0v) is 11.2. The van der Waals surface area contributed by atoms with Crippen LogP contribution in [0.25, 0.3) is 0 Å². The fraction of sp³-hybridized carbons (Fsp3) is 0.154. The summed E-state index contributed by atoms with van der Waals surface area (Å²) in [6.45, 7) is 3.85. The molecule has 0 fully saturated rings. The number of aryl methyl sites for hydroxylation is 2. The van der Waals surface area contributed by atoms with Gasteiger partial charge in [-0.05, 0) is 48.6 Å². The first kappa shape index (κ1) is 12.1. The molecule has 0 bridgehead atoms. The predicted molar refractivity (Wildman–Crippen MR) is 73.2 cm³/mol. The lowest BCUT2D eigenvalue weighted by atomic mass is 10.2. The maximum atomic E-state index is 11.9. The van der Waals surface area contributed by atoms with Crippen LogP contribution in [0.4, 0.5) is 5.69 Å². The first-order chi connectivity index (χ1) is 8.08. The molecule has 1 amide bonds. The molecule has 1 N–H and O–H groups in total. The number of nitrogens with one attached hydrogen (secondary N) is 1. The third-order valence-corrected chi connectivity index (χ3v) is 3.92. The minimum absolute atomic E-state index is 0.0857. The largest absolute Gasteiger partial charge is 0.321 e. The van der Waals surface area contributed by atoms with Gasteiger partial charge in [-0.15, -0.1) is 11.3 Å². The maximum Gasteiger partial charge on any atom is 0.265 e. The Kier molecular flexibility index (Phi) is 3.50. The van der Waals surface area contributed by atoms with Crippen molar-refractivity contribution < 1.29 is 4.79 Å². The third-order valence-electron chi connectivity index (χ3n) is 2.50. The summed E-state index contributed by atoms with van der Waals surface area (Å²) in [6.07, 6.45) is 0. The van der Waals surface area contributed by atoms with Crippen LogP contribution in [0, 0.1) is 13.8 Å². The van der Waals surface area contributed by atoms with Crippen molar-refractivity contribution >= 4 is 34.5 Å². The minimum Gasteiger partial charge on any atom is -0.321 e. The molecule has 1 aromatic carbocycles. The minimum atomic E-state index is -0.0857. The van der Waals surface area contributed by atoms with Gasteiger partial charge in [-0.3, -0.25) is 4.79 Å². The molecule has 4 heteroatoms. The highest BCUT2D eigenvalue weighted by molar-refractivity contribution is 7.12. The van der Waals surface area contributed by atoms with Gasteiger partial charge in [0.05, 0.1) is 4.88 Å². The van der Waals surface area contributed by atoms with Crippen molar-refractivity contribution in [3.05, 3.63) is 50.7 Å². The molecule has 2 nitrogen and oxygen atoms in total. The van der Waals surface area contributed by atoms with E-state index in [2.05, 4.69) is 5.32 Å². The van der Waals surface area contributed by atoms with Crippen LogP contribution in [-0.4, -0.2) is 5.91 Å². The van der Waals surface area contributed by atoms with Gasteiger partial charge in [0.2, 0.25) is 0 Å². The molecule has 1 aromatic heterocycles. The van der Waals surface area contributed by atoms with Crippen LogP contribution >= 0.6 is 22.9 Å². The SMILES string of the molecule is Cc1ccc(NC(=O)c2sccc2C)cc1Cl.